The van der Waals surface area contributed by atoms with Gasteiger partial charge in [-0.25, -0.2) is 0 Å². The number of aromatic nitrogens is 2. The van der Waals surface area contributed by atoms with Crippen LogP contribution in [0.15, 0.2) is 52.8 Å². The lowest BCUT2D eigenvalue weighted by atomic mass is 10.4. The van der Waals surface area contributed by atoms with Gasteiger partial charge in [-0.05, 0) is 12.1 Å². The predicted octanol–water partition coefficient (Wildman–Crippen LogP) is 1.16. The van der Waals surface area contributed by atoms with E-state index in [4.69, 9.17) is 0 Å². The molecule has 0 bridgehead atoms. The van der Waals surface area contributed by atoms with Crippen LogP contribution in [0.4, 0.5) is 0 Å². The van der Waals surface area contributed by atoms with Gasteiger partial charge in [-0.1, -0.05) is 23.4 Å². The van der Waals surface area contributed by atoms with Gasteiger partial charge in [0.1, 0.15) is 4.90 Å². The molecule has 1 aromatic carbocycles. The van der Waals surface area contributed by atoms with Gasteiger partial charge < -0.3 is 0 Å². The van der Waals surface area contributed by atoms with E-state index in [1.807, 2.05) is 0 Å². The smallest absolute Gasteiger partial charge is 0.275 e. The number of benzene rings is 1. The second-order valence-electron chi connectivity index (χ2n) is 3.52. The molecule has 0 aliphatic heterocycles. The van der Waals surface area contributed by atoms with Gasteiger partial charge in [-0.2, -0.15) is 13.5 Å². The van der Waals surface area contributed by atoms with Crippen molar-refractivity contribution >= 4 is 16.3 Å². The molecule has 1 aromatic heterocycles. The standard InChI is InChI=1S/C11H11N3O3S/c1-14-9-10(7-12-14)8-13-17-18(15,16)11-5-3-2-4-6-11/h2-9H,1H3/b13-8+. The molecule has 1 heterocycles. The third kappa shape index (κ3) is 2.95. The van der Waals surface area contributed by atoms with Gasteiger partial charge in [0.15, 0.2) is 0 Å². The van der Waals surface area contributed by atoms with Crippen LogP contribution in [-0.2, 0) is 21.4 Å². The van der Waals surface area contributed by atoms with E-state index in [9.17, 15) is 8.42 Å². The summed E-state index contributed by atoms with van der Waals surface area (Å²) in [5.74, 6) is 0. The van der Waals surface area contributed by atoms with E-state index in [1.165, 1.54) is 18.3 Å². The Hall–Kier alpha value is -2.15. The van der Waals surface area contributed by atoms with Crippen LogP contribution in [0.2, 0.25) is 0 Å². The molecule has 0 saturated heterocycles. The molecule has 0 aliphatic carbocycles. The summed E-state index contributed by atoms with van der Waals surface area (Å²) in [6, 6.07) is 7.82. The van der Waals surface area contributed by atoms with Gasteiger partial charge in [0.2, 0.25) is 0 Å². The zero-order chi connectivity index (χ0) is 13.0. The quantitative estimate of drug-likeness (QED) is 0.614. The fourth-order valence-electron chi connectivity index (χ4n) is 1.28. The van der Waals surface area contributed by atoms with E-state index in [0.717, 1.165) is 0 Å². The largest absolute Gasteiger partial charge is 0.358 e. The van der Waals surface area contributed by atoms with Crippen LogP contribution in [0.3, 0.4) is 0 Å². The minimum atomic E-state index is -3.85. The lowest BCUT2D eigenvalue weighted by Crippen LogP contribution is -2.02. The Morgan fingerprint density at radius 2 is 2.06 bits per heavy atom. The summed E-state index contributed by atoms with van der Waals surface area (Å²) >= 11 is 0. The third-order valence-corrected chi connectivity index (χ3v) is 3.23. The van der Waals surface area contributed by atoms with Gasteiger partial charge in [-0.3, -0.25) is 8.97 Å². The molecule has 2 aromatic rings. The molecule has 0 atom stereocenters. The van der Waals surface area contributed by atoms with Crippen LogP contribution in [0.5, 0.6) is 0 Å². The van der Waals surface area contributed by atoms with Gasteiger partial charge in [0, 0.05) is 18.8 Å². The first-order valence-corrected chi connectivity index (χ1v) is 6.49. The van der Waals surface area contributed by atoms with E-state index < -0.39 is 10.1 Å². The van der Waals surface area contributed by atoms with Crippen molar-refractivity contribution in [3.8, 4) is 0 Å². The number of aryl methyl sites for hydroxylation is 1. The van der Waals surface area contributed by atoms with Crippen LogP contribution < -0.4 is 0 Å². The molecule has 0 spiro atoms. The SMILES string of the molecule is Cn1cc(/C=N/OS(=O)(=O)c2ccccc2)cn1. The highest BCUT2D eigenvalue weighted by Crippen LogP contribution is 2.11. The van der Waals surface area contributed by atoms with Crippen molar-refractivity contribution in [2.45, 2.75) is 4.90 Å². The summed E-state index contributed by atoms with van der Waals surface area (Å²) in [4.78, 5) is 0.0633. The fourth-order valence-corrected chi connectivity index (χ4v) is 2.01. The van der Waals surface area contributed by atoms with Crippen LogP contribution >= 0.6 is 0 Å². The molecule has 0 radical (unpaired) electrons. The van der Waals surface area contributed by atoms with E-state index in [-0.39, 0.29) is 4.90 Å². The Kier molecular flexibility index (Phi) is 3.42. The average Bonchev–Trinajstić information content (AvgIpc) is 2.76. The number of rotatable bonds is 4. The molecule has 6 nitrogen and oxygen atoms in total. The maximum absolute atomic E-state index is 11.7. The summed E-state index contributed by atoms with van der Waals surface area (Å²) in [5, 5.41) is 7.35. The highest BCUT2D eigenvalue weighted by Gasteiger charge is 2.14. The van der Waals surface area contributed by atoms with Crippen molar-refractivity contribution in [2.24, 2.45) is 12.2 Å². The van der Waals surface area contributed by atoms with Crippen molar-refractivity contribution in [2.75, 3.05) is 0 Å². The lowest BCUT2D eigenvalue weighted by molar-refractivity contribution is 0.341. The Balaban J connectivity index is 2.08. The van der Waals surface area contributed by atoms with E-state index in [1.54, 1.807) is 42.3 Å². The molecule has 0 aliphatic rings. The molecule has 0 fully saturated rings. The topological polar surface area (TPSA) is 73.6 Å². The summed E-state index contributed by atoms with van der Waals surface area (Å²) in [5.41, 5.74) is 0.653. The van der Waals surface area contributed by atoms with Gasteiger partial charge in [0.25, 0.3) is 0 Å². The molecule has 0 amide bonds. The number of hydrogen-bond acceptors (Lipinski definition) is 5. The van der Waals surface area contributed by atoms with Crippen LogP contribution in [-0.4, -0.2) is 24.4 Å². The Labute approximate surface area is 105 Å². The zero-order valence-corrected chi connectivity index (χ0v) is 10.4. The van der Waals surface area contributed by atoms with Crippen molar-refractivity contribution in [3.63, 3.8) is 0 Å². The molecule has 18 heavy (non-hydrogen) atoms. The van der Waals surface area contributed by atoms with Crippen LogP contribution in [0.1, 0.15) is 5.56 Å². The monoisotopic (exact) mass is 265 g/mol. The van der Waals surface area contributed by atoms with Crippen LogP contribution in [0.25, 0.3) is 0 Å². The normalized spacial score (nSPS) is 11.8. The predicted molar refractivity (Wildman–Crippen MR) is 65.5 cm³/mol. The summed E-state index contributed by atoms with van der Waals surface area (Å²) in [7, 11) is -2.10. The second kappa shape index (κ2) is 5.01. The molecular formula is C11H11N3O3S. The Morgan fingerprint density at radius 3 is 2.67 bits per heavy atom. The first-order chi connectivity index (χ1) is 8.58. The molecule has 94 valence electrons. The summed E-state index contributed by atoms with van der Waals surface area (Å²) < 4.78 is 29.5. The lowest BCUT2D eigenvalue weighted by Gasteiger charge is -1.99. The first-order valence-electron chi connectivity index (χ1n) is 5.09. The fraction of sp³-hybridized carbons (Fsp3) is 0.0909. The van der Waals surface area contributed by atoms with E-state index in [0.29, 0.717) is 5.56 Å². The molecule has 0 unspecified atom stereocenters. The molecule has 7 heteroatoms. The molecule has 0 saturated carbocycles. The summed E-state index contributed by atoms with van der Waals surface area (Å²) in [6.07, 6.45) is 4.51. The van der Waals surface area contributed by atoms with Gasteiger partial charge >= 0.3 is 10.1 Å². The maximum atomic E-state index is 11.7. The number of oxime groups is 1. The Bertz CT molecular complexity index is 647. The first kappa shape index (κ1) is 12.3. The van der Waals surface area contributed by atoms with Crippen molar-refractivity contribution in [3.05, 3.63) is 48.3 Å². The number of hydrogen-bond donors (Lipinski definition) is 0. The molecule has 0 N–H and O–H groups in total. The van der Waals surface area contributed by atoms with Crippen molar-refractivity contribution in [1.29, 1.82) is 0 Å². The zero-order valence-electron chi connectivity index (χ0n) is 9.59. The minimum Gasteiger partial charge on any atom is -0.275 e. The van der Waals surface area contributed by atoms with Crippen molar-refractivity contribution < 1.29 is 12.7 Å². The van der Waals surface area contributed by atoms with Gasteiger partial charge in [-0.15, -0.1) is 0 Å². The molecular weight excluding hydrogens is 254 g/mol. The van der Waals surface area contributed by atoms with Gasteiger partial charge in [0.05, 0.1) is 12.4 Å². The van der Waals surface area contributed by atoms with Crippen LogP contribution in [0, 0.1) is 0 Å². The maximum Gasteiger partial charge on any atom is 0.358 e. The van der Waals surface area contributed by atoms with Crippen molar-refractivity contribution in [1.82, 2.24) is 9.78 Å². The average molecular weight is 265 g/mol. The van der Waals surface area contributed by atoms with E-state index >= 15 is 0 Å². The Morgan fingerprint density at radius 1 is 1.33 bits per heavy atom. The number of nitrogens with zero attached hydrogens (tertiary/aromatic N) is 3. The minimum absolute atomic E-state index is 0.0633. The summed E-state index contributed by atoms with van der Waals surface area (Å²) in [6.45, 7) is 0. The second-order valence-corrected chi connectivity index (χ2v) is 5.05. The highest BCUT2D eigenvalue weighted by molar-refractivity contribution is 7.86. The molecule has 2 rings (SSSR count). The van der Waals surface area contributed by atoms with E-state index in [2.05, 4.69) is 14.5 Å². The third-order valence-electron chi connectivity index (χ3n) is 2.10. The highest BCUT2D eigenvalue weighted by atomic mass is 32.2.